The Morgan fingerprint density at radius 3 is 2.71 bits per heavy atom. The number of fused-ring (bicyclic) bond motifs is 1. The van der Waals surface area contributed by atoms with Crippen molar-refractivity contribution in [1.82, 2.24) is 13.7 Å². The van der Waals surface area contributed by atoms with Gasteiger partial charge in [0, 0.05) is 25.8 Å². The van der Waals surface area contributed by atoms with Crippen LogP contribution in [0.1, 0.15) is 27.2 Å². The highest BCUT2D eigenvalue weighted by atomic mass is 32.2. The van der Waals surface area contributed by atoms with E-state index in [1.807, 2.05) is 26.8 Å². The molecule has 0 saturated carbocycles. The van der Waals surface area contributed by atoms with Gasteiger partial charge in [-0.15, -0.1) is 0 Å². The van der Waals surface area contributed by atoms with E-state index in [1.165, 1.54) is 4.31 Å². The van der Waals surface area contributed by atoms with Gasteiger partial charge in [0.05, 0.1) is 0 Å². The lowest BCUT2D eigenvalue weighted by molar-refractivity contribution is 0.379. The zero-order valence-corrected chi connectivity index (χ0v) is 13.7. The van der Waals surface area contributed by atoms with Gasteiger partial charge in [0.2, 0.25) is 0 Å². The minimum atomic E-state index is -3.62. The van der Waals surface area contributed by atoms with Gasteiger partial charge in [0.1, 0.15) is 5.65 Å². The molecule has 2 aromatic heterocycles. The van der Waals surface area contributed by atoms with Gasteiger partial charge in [-0.2, -0.15) is 4.31 Å². The van der Waals surface area contributed by atoms with Crippen molar-refractivity contribution in [3.63, 3.8) is 0 Å². The Labute approximate surface area is 125 Å². The first-order valence-corrected chi connectivity index (χ1v) is 8.56. The smallest absolute Gasteiger partial charge is 0.262 e. The molecule has 1 N–H and O–H groups in total. The van der Waals surface area contributed by atoms with E-state index in [2.05, 4.69) is 10.3 Å². The Hall–Kier alpha value is -1.60. The van der Waals surface area contributed by atoms with Crippen LogP contribution >= 0.6 is 0 Å². The van der Waals surface area contributed by atoms with E-state index in [1.54, 1.807) is 29.8 Å². The molecule has 0 aliphatic heterocycles. The average Bonchev–Trinajstić information content (AvgIpc) is 2.84. The van der Waals surface area contributed by atoms with Gasteiger partial charge in [0.15, 0.2) is 10.8 Å². The summed E-state index contributed by atoms with van der Waals surface area (Å²) in [5.74, 6) is 0.402. The molecule has 21 heavy (non-hydrogen) atoms. The van der Waals surface area contributed by atoms with E-state index in [-0.39, 0.29) is 11.1 Å². The number of hydrogen-bond acceptors (Lipinski definition) is 4. The SMILES string of the molecule is CCNc1nc2ccccn2c1S(=O)(=O)N(C)C(C)CC. The van der Waals surface area contributed by atoms with Gasteiger partial charge in [-0.1, -0.05) is 13.0 Å². The van der Waals surface area contributed by atoms with Gasteiger partial charge in [-0.3, -0.25) is 4.40 Å². The number of sulfonamides is 1. The van der Waals surface area contributed by atoms with Crippen LogP contribution in [0.5, 0.6) is 0 Å². The molecule has 0 fully saturated rings. The molecular formula is C14H22N4O2S. The molecule has 0 aliphatic carbocycles. The van der Waals surface area contributed by atoms with E-state index >= 15 is 0 Å². The molecule has 0 aromatic carbocycles. The van der Waals surface area contributed by atoms with Crippen molar-refractivity contribution in [3.05, 3.63) is 24.4 Å². The average molecular weight is 310 g/mol. The summed E-state index contributed by atoms with van der Waals surface area (Å²) in [6.07, 6.45) is 2.48. The number of anilines is 1. The third kappa shape index (κ3) is 2.75. The third-order valence-corrected chi connectivity index (χ3v) is 5.66. The summed E-state index contributed by atoms with van der Waals surface area (Å²) in [5.41, 5.74) is 0.615. The molecule has 1 unspecified atom stereocenters. The quantitative estimate of drug-likeness (QED) is 0.888. The largest absolute Gasteiger partial charge is 0.368 e. The van der Waals surface area contributed by atoms with Crippen LogP contribution in [0.15, 0.2) is 29.4 Å². The lowest BCUT2D eigenvalue weighted by Gasteiger charge is -2.23. The highest BCUT2D eigenvalue weighted by Gasteiger charge is 2.31. The number of imidazole rings is 1. The summed E-state index contributed by atoms with van der Waals surface area (Å²) in [6.45, 7) is 6.39. The second-order valence-corrected chi connectivity index (χ2v) is 6.92. The second kappa shape index (κ2) is 6.03. The number of nitrogens with zero attached hydrogens (tertiary/aromatic N) is 3. The van der Waals surface area contributed by atoms with Crippen LogP contribution in [0, 0.1) is 0 Å². The lowest BCUT2D eigenvalue weighted by atomic mass is 10.3. The van der Waals surface area contributed by atoms with Crippen molar-refractivity contribution in [2.75, 3.05) is 18.9 Å². The maximum Gasteiger partial charge on any atom is 0.262 e. The maximum atomic E-state index is 12.9. The van der Waals surface area contributed by atoms with E-state index < -0.39 is 10.0 Å². The Bertz CT molecular complexity index is 724. The highest BCUT2D eigenvalue weighted by molar-refractivity contribution is 7.89. The fourth-order valence-electron chi connectivity index (χ4n) is 2.13. The standard InChI is InChI=1S/C14H22N4O2S/c1-5-11(3)17(4)21(19,20)14-13(15-6-2)16-12-9-7-8-10-18(12)14/h7-11,15H,5-6H2,1-4H3. The van der Waals surface area contributed by atoms with Crippen LogP contribution in [0.3, 0.4) is 0 Å². The van der Waals surface area contributed by atoms with Gasteiger partial charge >= 0.3 is 0 Å². The minimum Gasteiger partial charge on any atom is -0.368 e. The van der Waals surface area contributed by atoms with Crippen molar-refractivity contribution in [2.24, 2.45) is 0 Å². The Balaban J connectivity index is 2.66. The summed E-state index contributed by atoms with van der Waals surface area (Å²) >= 11 is 0. The van der Waals surface area contributed by atoms with Crippen molar-refractivity contribution in [3.8, 4) is 0 Å². The molecule has 2 aromatic rings. The van der Waals surface area contributed by atoms with Crippen molar-refractivity contribution < 1.29 is 8.42 Å². The van der Waals surface area contributed by atoms with Crippen molar-refractivity contribution in [1.29, 1.82) is 0 Å². The zero-order valence-electron chi connectivity index (χ0n) is 12.9. The van der Waals surface area contributed by atoms with E-state index in [4.69, 9.17) is 0 Å². The van der Waals surface area contributed by atoms with Crippen LogP contribution in [0.4, 0.5) is 5.82 Å². The monoisotopic (exact) mass is 310 g/mol. The molecule has 2 rings (SSSR count). The Morgan fingerprint density at radius 1 is 1.38 bits per heavy atom. The molecule has 0 aliphatic rings. The van der Waals surface area contributed by atoms with Crippen molar-refractivity contribution in [2.45, 2.75) is 38.3 Å². The molecular weight excluding hydrogens is 288 g/mol. The predicted molar refractivity (Wildman–Crippen MR) is 84.1 cm³/mol. The highest BCUT2D eigenvalue weighted by Crippen LogP contribution is 2.26. The summed E-state index contributed by atoms with van der Waals surface area (Å²) < 4.78 is 28.9. The topological polar surface area (TPSA) is 66.7 Å². The number of pyridine rings is 1. The predicted octanol–water partition coefficient (Wildman–Crippen LogP) is 2.19. The van der Waals surface area contributed by atoms with Gasteiger partial charge in [-0.25, -0.2) is 13.4 Å². The van der Waals surface area contributed by atoms with Crippen LogP contribution in [0.25, 0.3) is 5.65 Å². The summed E-state index contributed by atoms with van der Waals surface area (Å²) in [7, 11) is -2.00. The molecule has 0 saturated heterocycles. The normalized spacial score (nSPS) is 13.8. The first-order chi connectivity index (χ1) is 9.93. The maximum absolute atomic E-state index is 12.9. The number of nitrogens with one attached hydrogen (secondary N) is 1. The molecule has 6 nitrogen and oxygen atoms in total. The first-order valence-electron chi connectivity index (χ1n) is 7.12. The van der Waals surface area contributed by atoms with E-state index in [9.17, 15) is 8.42 Å². The Morgan fingerprint density at radius 2 is 2.10 bits per heavy atom. The van der Waals surface area contributed by atoms with Gasteiger partial charge in [-0.05, 0) is 32.4 Å². The lowest BCUT2D eigenvalue weighted by Crippen LogP contribution is -2.35. The molecule has 0 bridgehead atoms. The minimum absolute atomic E-state index is 0.0706. The molecule has 116 valence electrons. The number of hydrogen-bond donors (Lipinski definition) is 1. The first kappa shape index (κ1) is 15.8. The van der Waals surface area contributed by atoms with Crippen LogP contribution in [-0.2, 0) is 10.0 Å². The summed E-state index contributed by atoms with van der Waals surface area (Å²) in [5, 5.41) is 3.24. The zero-order chi connectivity index (χ0) is 15.6. The second-order valence-electron chi connectivity index (χ2n) is 5.00. The van der Waals surface area contributed by atoms with E-state index in [0.717, 1.165) is 6.42 Å². The molecule has 1 atom stereocenters. The fraction of sp³-hybridized carbons (Fsp3) is 0.500. The number of aromatic nitrogens is 2. The van der Waals surface area contributed by atoms with Crippen molar-refractivity contribution >= 4 is 21.5 Å². The van der Waals surface area contributed by atoms with Gasteiger partial charge in [0.25, 0.3) is 10.0 Å². The van der Waals surface area contributed by atoms with Crippen LogP contribution in [0.2, 0.25) is 0 Å². The summed E-state index contributed by atoms with van der Waals surface area (Å²) in [4.78, 5) is 4.38. The molecule has 2 heterocycles. The fourth-order valence-corrected chi connectivity index (χ4v) is 3.79. The molecule has 0 spiro atoms. The molecule has 0 amide bonds. The van der Waals surface area contributed by atoms with Crippen LogP contribution < -0.4 is 5.32 Å². The molecule has 7 heteroatoms. The third-order valence-electron chi connectivity index (χ3n) is 3.67. The summed E-state index contributed by atoms with van der Waals surface area (Å²) in [6, 6.07) is 5.36. The molecule has 0 radical (unpaired) electrons. The number of rotatable bonds is 6. The van der Waals surface area contributed by atoms with Gasteiger partial charge < -0.3 is 5.32 Å². The van der Waals surface area contributed by atoms with Crippen LogP contribution in [-0.4, -0.2) is 41.7 Å². The Kier molecular flexibility index (Phi) is 4.53. The van der Waals surface area contributed by atoms with E-state index in [0.29, 0.717) is 18.0 Å².